The van der Waals surface area contributed by atoms with Crippen LogP contribution in [-0.2, 0) is 14.8 Å². The zero-order valence-corrected chi connectivity index (χ0v) is 12.0. The molecule has 1 atom stereocenters. The highest BCUT2D eigenvalue weighted by Gasteiger charge is 2.30. The first-order valence-corrected chi connectivity index (χ1v) is 7.25. The van der Waals surface area contributed by atoms with E-state index in [9.17, 15) is 22.0 Å². The first-order chi connectivity index (χ1) is 9.06. The largest absolute Gasteiger partial charge is 0.480 e. The Bertz CT molecular complexity index is 629. The van der Waals surface area contributed by atoms with Gasteiger partial charge in [0.2, 0.25) is 10.0 Å². The van der Waals surface area contributed by atoms with Crippen LogP contribution in [0.15, 0.2) is 17.0 Å². The number of aryl methyl sites for hydroxylation is 1. The number of hydrogen-bond acceptors (Lipinski definition) is 3. The predicted octanol–water partition coefficient (Wildman–Crippen LogP) is 1.66. The van der Waals surface area contributed by atoms with Crippen molar-refractivity contribution >= 4 is 16.0 Å². The van der Waals surface area contributed by atoms with E-state index >= 15 is 0 Å². The molecule has 0 saturated heterocycles. The van der Waals surface area contributed by atoms with Crippen LogP contribution in [0, 0.1) is 24.5 Å². The van der Waals surface area contributed by atoms with Crippen molar-refractivity contribution in [3.8, 4) is 0 Å². The predicted molar refractivity (Wildman–Crippen MR) is 67.7 cm³/mol. The monoisotopic (exact) mass is 307 g/mol. The van der Waals surface area contributed by atoms with Crippen molar-refractivity contribution in [2.45, 2.75) is 31.7 Å². The van der Waals surface area contributed by atoms with E-state index in [0.29, 0.717) is 6.07 Å². The van der Waals surface area contributed by atoms with Crippen LogP contribution in [0.4, 0.5) is 8.78 Å². The third-order valence-electron chi connectivity index (χ3n) is 2.72. The maximum Gasteiger partial charge on any atom is 0.322 e. The van der Waals surface area contributed by atoms with E-state index < -0.39 is 44.5 Å². The van der Waals surface area contributed by atoms with Gasteiger partial charge in [-0.05, 0) is 24.5 Å². The average molecular weight is 307 g/mol. The van der Waals surface area contributed by atoms with E-state index in [1.165, 1.54) is 20.8 Å². The summed E-state index contributed by atoms with van der Waals surface area (Å²) in [4.78, 5) is 10.2. The minimum Gasteiger partial charge on any atom is -0.480 e. The summed E-state index contributed by atoms with van der Waals surface area (Å²) in [5.74, 6) is -4.05. The summed E-state index contributed by atoms with van der Waals surface area (Å²) < 4.78 is 52.6. The first kappa shape index (κ1) is 16.5. The lowest BCUT2D eigenvalue weighted by Gasteiger charge is -2.18. The van der Waals surface area contributed by atoms with Crippen LogP contribution in [0.1, 0.15) is 19.4 Å². The van der Waals surface area contributed by atoms with Crippen LogP contribution in [0.3, 0.4) is 0 Å². The number of carboxylic acid groups (broad SMARTS) is 1. The van der Waals surface area contributed by atoms with E-state index in [1.807, 2.05) is 4.72 Å². The van der Waals surface area contributed by atoms with Crippen LogP contribution in [0.25, 0.3) is 0 Å². The lowest BCUT2D eigenvalue weighted by molar-refractivity contribution is -0.140. The summed E-state index contributed by atoms with van der Waals surface area (Å²) in [5, 5.41) is 8.94. The molecular formula is C12H15F2NO4S. The van der Waals surface area contributed by atoms with Crippen LogP contribution >= 0.6 is 0 Å². The quantitative estimate of drug-likeness (QED) is 0.866. The Morgan fingerprint density at radius 1 is 1.25 bits per heavy atom. The Labute approximate surface area is 115 Å². The molecule has 0 amide bonds. The summed E-state index contributed by atoms with van der Waals surface area (Å²) in [6.07, 6.45) is 0. The van der Waals surface area contributed by atoms with Gasteiger partial charge >= 0.3 is 5.97 Å². The lowest BCUT2D eigenvalue weighted by Crippen LogP contribution is -2.44. The number of aliphatic carboxylic acids is 1. The fourth-order valence-corrected chi connectivity index (χ4v) is 3.02. The molecule has 8 heteroatoms. The Morgan fingerprint density at radius 2 is 1.80 bits per heavy atom. The van der Waals surface area contributed by atoms with Crippen molar-refractivity contribution in [2.24, 2.45) is 5.92 Å². The minimum absolute atomic E-state index is 0.0526. The van der Waals surface area contributed by atoms with Gasteiger partial charge in [-0.2, -0.15) is 4.72 Å². The van der Waals surface area contributed by atoms with Gasteiger partial charge in [0.05, 0.1) is 0 Å². The van der Waals surface area contributed by atoms with Crippen LogP contribution in [0.2, 0.25) is 0 Å². The van der Waals surface area contributed by atoms with E-state index in [-0.39, 0.29) is 5.56 Å². The van der Waals surface area contributed by atoms with Gasteiger partial charge in [-0.25, -0.2) is 17.2 Å². The number of halogens is 2. The van der Waals surface area contributed by atoms with Crippen molar-refractivity contribution in [2.75, 3.05) is 0 Å². The summed E-state index contributed by atoms with van der Waals surface area (Å²) >= 11 is 0. The minimum atomic E-state index is -4.39. The Kier molecular flexibility index (Phi) is 4.82. The second kappa shape index (κ2) is 5.84. The van der Waals surface area contributed by atoms with E-state index in [4.69, 9.17) is 5.11 Å². The van der Waals surface area contributed by atoms with E-state index in [2.05, 4.69) is 0 Å². The van der Waals surface area contributed by atoms with Crippen molar-refractivity contribution in [1.29, 1.82) is 0 Å². The van der Waals surface area contributed by atoms with Crippen LogP contribution in [0.5, 0.6) is 0 Å². The molecule has 0 aliphatic rings. The molecule has 0 spiro atoms. The van der Waals surface area contributed by atoms with E-state index in [0.717, 1.165) is 6.07 Å². The Hall–Kier alpha value is -1.54. The smallest absolute Gasteiger partial charge is 0.322 e. The molecule has 5 nitrogen and oxygen atoms in total. The molecule has 0 radical (unpaired) electrons. The number of carbonyl (C=O) groups is 1. The summed E-state index contributed by atoms with van der Waals surface area (Å²) in [5.41, 5.74) is -0.0526. The normalized spacial score (nSPS) is 13.5. The van der Waals surface area contributed by atoms with Crippen LogP contribution in [-0.4, -0.2) is 25.5 Å². The fraction of sp³-hybridized carbons (Fsp3) is 0.417. The molecule has 0 aliphatic heterocycles. The number of nitrogens with one attached hydrogen (secondary N) is 1. The molecule has 1 rings (SSSR count). The summed E-state index contributed by atoms with van der Waals surface area (Å²) in [6.45, 7) is 4.30. The van der Waals surface area contributed by atoms with Crippen molar-refractivity contribution in [3.63, 3.8) is 0 Å². The highest BCUT2D eigenvalue weighted by atomic mass is 32.2. The molecule has 112 valence electrons. The second-order valence-electron chi connectivity index (χ2n) is 4.71. The molecule has 0 fully saturated rings. The molecule has 20 heavy (non-hydrogen) atoms. The van der Waals surface area contributed by atoms with E-state index in [1.54, 1.807) is 0 Å². The SMILES string of the molecule is Cc1cc(S(=O)(=O)N[C@H](C(=O)O)C(C)C)c(F)cc1F. The van der Waals surface area contributed by atoms with Gasteiger partial charge in [-0.3, -0.25) is 4.79 Å². The Balaban J connectivity index is 3.24. The fourth-order valence-electron chi connectivity index (χ4n) is 1.54. The maximum atomic E-state index is 13.6. The van der Waals surface area contributed by atoms with Gasteiger partial charge in [0, 0.05) is 6.07 Å². The zero-order valence-electron chi connectivity index (χ0n) is 11.1. The molecule has 0 heterocycles. The summed E-state index contributed by atoms with van der Waals surface area (Å²) in [7, 11) is -4.39. The highest BCUT2D eigenvalue weighted by molar-refractivity contribution is 7.89. The standard InChI is InChI=1S/C12H15F2NO4S/c1-6(2)11(12(16)17)15-20(18,19)10-4-7(3)8(13)5-9(10)14/h4-6,11,15H,1-3H3,(H,16,17)/t11-/m0/s1. The van der Waals surface area contributed by atoms with Crippen molar-refractivity contribution < 1.29 is 27.1 Å². The van der Waals surface area contributed by atoms with Gasteiger partial charge in [0.1, 0.15) is 22.6 Å². The van der Waals surface area contributed by atoms with Crippen molar-refractivity contribution in [3.05, 3.63) is 29.3 Å². The molecule has 2 N–H and O–H groups in total. The Morgan fingerprint density at radius 3 is 2.25 bits per heavy atom. The molecule has 0 unspecified atom stereocenters. The van der Waals surface area contributed by atoms with Gasteiger partial charge in [0.25, 0.3) is 0 Å². The topological polar surface area (TPSA) is 83.5 Å². The third kappa shape index (κ3) is 3.51. The number of hydrogen-bond donors (Lipinski definition) is 2. The molecule has 1 aromatic carbocycles. The van der Waals surface area contributed by atoms with Crippen molar-refractivity contribution in [1.82, 2.24) is 4.72 Å². The molecule has 0 aromatic heterocycles. The van der Waals surface area contributed by atoms with Gasteiger partial charge in [-0.15, -0.1) is 0 Å². The zero-order chi connectivity index (χ0) is 15.7. The van der Waals surface area contributed by atoms with Gasteiger partial charge < -0.3 is 5.11 Å². The number of sulfonamides is 1. The number of benzene rings is 1. The molecule has 0 aliphatic carbocycles. The second-order valence-corrected chi connectivity index (χ2v) is 6.40. The number of carboxylic acids is 1. The van der Waals surface area contributed by atoms with Gasteiger partial charge in [-0.1, -0.05) is 13.8 Å². The molecular weight excluding hydrogens is 292 g/mol. The average Bonchev–Trinajstić information content (AvgIpc) is 2.30. The molecule has 0 saturated carbocycles. The highest BCUT2D eigenvalue weighted by Crippen LogP contribution is 2.20. The maximum absolute atomic E-state index is 13.6. The van der Waals surface area contributed by atoms with Crippen LogP contribution < -0.4 is 4.72 Å². The number of rotatable bonds is 5. The molecule has 0 bridgehead atoms. The first-order valence-electron chi connectivity index (χ1n) is 5.77. The van der Waals surface area contributed by atoms with Gasteiger partial charge in [0.15, 0.2) is 0 Å². The lowest BCUT2D eigenvalue weighted by atomic mass is 10.1. The molecule has 1 aromatic rings. The third-order valence-corrected chi connectivity index (χ3v) is 4.17. The summed E-state index contributed by atoms with van der Waals surface area (Å²) in [6, 6.07) is -0.119.